The Hall–Kier alpha value is -1.37. The van der Waals surface area contributed by atoms with E-state index in [1.54, 1.807) is 0 Å². The predicted octanol–water partition coefficient (Wildman–Crippen LogP) is 1.24. The first-order valence-corrected chi connectivity index (χ1v) is 5.02. The molecule has 1 N–H and O–H groups in total. The van der Waals surface area contributed by atoms with Crippen molar-refractivity contribution in [1.29, 1.82) is 0 Å². The lowest BCUT2D eigenvalue weighted by atomic mass is 10.0. The number of ether oxygens (including phenoxy) is 1. The Balaban J connectivity index is 2.38. The zero-order valence-electron chi connectivity index (χ0n) is 9.00. The van der Waals surface area contributed by atoms with Crippen molar-refractivity contribution in [2.45, 2.75) is 19.6 Å². The van der Waals surface area contributed by atoms with Crippen molar-refractivity contribution < 1.29 is 4.74 Å². The average molecular weight is 202 g/mol. The molecule has 0 fully saturated rings. The summed E-state index contributed by atoms with van der Waals surface area (Å²) in [7, 11) is 1.93. The van der Waals surface area contributed by atoms with Crippen molar-refractivity contribution in [3.63, 3.8) is 0 Å². The first-order chi connectivity index (χ1) is 7.35. The molecule has 0 spiro atoms. The summed E-state index contributed by atoms with van der Waals surface area (Å²) in [5.41, 5.74) is 3.04. The number of nitrogens with zero attached hydrogens (tertiary/aromatic N) is 1. The van der Waals surface area contributed by atoms with Crippen LogP contribution in [0.25, 0.3) is 0 Å². The van der Waals surface area contributed by atoms with Gasteiger partial charge in [0.1, 0.15) is 5.69 Å². The monoisotopic (exact) mass is 202 g/mol. The van der Waals surface area contributed by atoms with E-state index in [1.165, 1.54) is 5.56 Å². The van der Waals surface area contributed by atoms with E-state index >= 15 is 0 Å². The number of likely N-dealkylation sites (N-methyl/N-ethyl adjacent to an activating group) is 1. The molecular weight excluding hydrogens is 188 g/mol. The van der Waals surface area contributed by atoms with E-state index in [-0.39, 0.29) is 6.04 Å². The van der Waals surface area contributed by atoms with Gasteiger partial charge >= 0.3 is 0 Å². The number of rotatable bonds is 1. The van der Waals surface area contributed by atoms with Crippen LogP contribution in [0.1, 0.15) is 29.9 Å². The second-order valence-corrected chi connectivity index (χ2v) is 3.46. The molecule has 0 amide bonds. The Morgan fingerprint density at radius 3 is 3.13 bits per heavy atom. The lowest BCUT2D eigenvalue weighted by Crippen LogP contribution is -2.27. The van der Waals surface area contributed by atoms with Crippen LogP contribution in [0.2, 0.25) is 0 Å². The zero-order chi connectivity index (χ0) is 10.7. The van der Waals surface area contributed by atoms with E-state index in [9.17, 15) is 0 Å². The molecule has 0 saturated carbocycles. The smallest absolute Gasteiger partial charge is 0.113 e. The molecule has 2 rings (SSSR count). The quantitative estimate of drug-likeness (QED) is 0.696. The topological polar surface area (TPSA) is 34.1 Å². The van der Waals surface area contributed by atoms with Gasteiger partial charge in [0.2, 0.25) is 0 Å². The molecule has 1 aliphatic rings. The fourth-order valence-corrected chi connectivity index (χ4v) is 1.74. The van der Waals surface area contributed by atoms with Gasteiger partial charge in [0, 0.05) is 0 Å². The fourth-order valence-electron chi connectivity index (χ4n) is 1.74. The summed E-state index contributed by atoms with van der Waals surface area (Å²) in [6.07, 6.45) is 0. The van der Waals surface area contributed by atoms with Gasteiger partial charge in [0.05, 0.1) is 24.9 Å². The third-order valence-corrected chi connectivity index (χ3v) is 2.51. The average Bonchev–Trinajstić information content (AvgIpc) is 2.28. The van der Waals surface area contributed by atoms with Gasteiger partial charge in [-0.15, -0.1) is 0 Å². The number of pyridine rings is 1. The van der Waals surface area contributed by atoms with Crippen molar-refractivity contribution in [2.75, 3.05) is 13.7 Å². The van der Waals surface area contributed by atoms with Crippen LogP contribution in [-0.2, 0) is 11.3 Å². The highest BCUT2D eigenvalue weighted by atomic mass is 16.5. The fraction of sp³-hybridized carbons (Fsp3) is 0.417. The number of nitrogens with one attached hydrogen (secondary N) is 1. The highest BCUT2D eigenvalue weighted by Crippen LogP contribution is 2.22. The first-order valence-electron chi connectivity index (χ1n) is 5.02. The Kier molecular flexibility index (Phi) is 3.00. The van der Waals surface area contributed by atoms with E-state index in [4.69, 9.17) is 4.74 Å². The number of hydrogen-bond acceptors (Lipinski definition) is 3. The number of aromatic nitrogens is 1. The number of hydrogen-bond donors (Lipinski definition) is 1. The van der Waals surface area contributed by atoms with Gasteiger partial charge in [-0.05, 0) is 31.5 Å². The van der Waals surface area contributed by atoms with E-state index in [0.717, 1.165) is 11.4 Å². The Morgan fingerprint density at radius 1 is 1.53 bits per heavy atom. The summed E-state index contributed by atoms with van der Waals surface area (Å²) in [6, 6.07) is 4.31. The molecule has 0 saturated heterocycles. The second-order valence-electron chi connectivity index (χ2n) is 3.46. The Labute approximate surface area is 89.9 Å². The van der Waals surface area contributed by atoms with Crippen LogP contribution in [0.3, 0.4) is 0 Å². The molecule has 1 atom stereocenters. The van der Waals surface area contributed by atoms with Crippen molar-refractivity contribution in [2.24, 2.45) is 0 Å². The van der Waals surface area contributed by atoms with Crippen molar-refractivity contribution in [3.05, 3.63) is 29.1 Å². The lowest BCUT2D eigenvalue weighted by Gasteiger charge is -2.24. The summed E-state index contributed by atoms with van der Waals surface area (Å²) in [6.45, 7) is 3.12. The largest absolute Gasteiger partial charge is 0.373 e. The summed E-state index contributed by atoms with van der Waals surface area (Å²) >= 11 is 0. The molecule has 0 bridgehead atoms. The van der Waals surface area contributed by atoms with Crippen molar-refractivity contribution in [1.82, 2.24) is 10.3 Å². The summed E-state index contributed by atoms with van der Waals surface area (Å²) in [5.74, 6) is 5.80. The van der Waals surface area contributed by atoms with E-state index in [2.05, 4.69) is 28.2 Å². The van der Waals surface area contributed by atoms with Crippen LogP contribution in [0.5, 0.6) is 0 Å². The maximum absolute atomic E-state index is 5.46. The van der Waals surface area contributed by atoms with Crippen molar-refractivity contribution in [3.8, 4) is 11.8 Å². The second kappa shape index (κ2) is 4.43. The van der Waals surface area contributed by atoms with Crippen molar-refractivity contribution >= 4 is 0 Å². The van der Waals surface area contributed by atoms with Gasteiger partial charge in [0.25, 0.3) is 0 Å². The molecule has 1 aromatic rings. The van der Waals surface area contributed by atoms with Gasteiger partial charge in [-0.2, -0.15) is 0 Å². The third-order valence-electron chi connectivity index (χ3n) is 2.51. The molecular formula is C12H14N2O. The highest BCUT2D eigenvalue weighted by Gasteiger charge is 2.20. The maximum Gasteiger partial charge on any atom is 0.113 e. The molecule has 3 heteroatoms. The van der Waals surface area contributed by atoms with E-state index in [1.807, 2.05) is 20.0 Å². The molecule has 0 aromatic carbocycles. The van der Waals surface area contributed by atoms with Crippen LogP contribution in [0.4, 0.5) is 0 Å². The van der Waals surface area contributed by atoms with Gasteiger partial charge in [-0.25, -0.2) is 4.98 Å². The minimum atomic E-state index is 0.255. The molecule has 78 valence electrons. The molecule has 0 radical (unpaired) electrons. The lowest BCUT2D eigenvalue weighted by molar-refractivity contribution is 0.0812. The van der Waals surface area contributed by atoms with Crippen LogP contribution in [-0.4, -0.2) is 18.6 Å². The molecule has 2 heterocycles. The molecule has 0 aliphatic carbocycles. The normalized spacial score (nSPS) is 18.9. The summed E-state index contributed by atoms with van der Waals surface area (Å²) < 4.78 is 5.46. The summed E-state index contributed by atoms with van der Waals surface area (Å²) in [5, 5.41) is 3.21. The SMILES string of the molecule is CC#Cc1ccc2c(n1)COCC2NC. The highest BCUT2D eigenvalue weighted by molar-refractivity contribution is 5.34. The minimum Gasteiger partial charge on any atom is -0.373 e. The first kappa shape index (κ1) is 10.2. The Bertz CT molecular complexity index is 417. The van der Waals surface area contributed by atoms with Crippen LogP contribution in [0, 0.1) is 11.8 Å². The van der Waals surface area contributed by atoms with E-state index < -0.39 is 0 Å². The van der Waals surface area contributed by atoms with Gasteiger partial charge in [0.15, 0.2) is 0 Å². The van der Waals surface area contributed by atoms with Gasteiger partial charge in [-0.3, -0.25) is 0 Å². The maximum atomic E-state index is 5.46. The molecule has 15 heavy (non-hydrogen) atoms. The molecule has 1 unspecified atom stereocenters. The predicted molar refractivity (Wildman–Crippen MR) is 58.2 cm³/mol. The van der Waals surface area contributed by atoms with E-state index in [0.29, 0.717) is 13.2 Å². The van der Waals surface area contributed by atoms with Crippen LogP contribution in [0.15, 0.2) is 12.1 Å². The Morgan fingerprint density at radius 2 is 2.40 bits per heavy atom. The summed E-state index contributed by atoms with van der Waals surface area (Å²) in [4.78, 5) is 4.46. The zero-order valence-corrected chi connectivity index (χ0v) is 9.00. The standard InChI is InChI=1S/C12H14N2O/c1-3-4-9-5-6-10-11(13-2)7-15-8-12(10)14-9/h5-6,11,13H,7-8H2,1-2H3. The molecule has 3 nitrogen and oxygen atoms in total. The van der Waals surface area contributed by atoms with Crippen LogP contribution >= 0.6 is 0 Å². The third kappa shape index (κ3) is 2.01. The van der Waals surface area contributed by atoms with Gasteiger partial charge in [-0.1, -0.05) is 12.0 Å². The number of fused-ring (bicyclic) bond motifs is 1. The van der Waals surface area contributed by atoms with Crippen LogP contribution < -0.4 is 5.32 Å². The molecule has 1 aromatic heterocycles. The molecule has 1 aliphatic heterocycles. The van der Waals surface area contributed by atoms with Gasteiger partial charge < -0.3 is 10.1 Å². The minimum absolute atomic E-state index is 0.255.